The maximum absolute atomic E-state index is 6.70. The summed E-state index contributed by atoms with van der Waals surface area (Å²) < 4.78 is 9.07. The number of anilines is 3. The third kappa shape index (κ3) is 4.82. The number of rotatable bonds is 6. The van der Waals surface area contributed by atoms with Crippen LogP contribution in [0.5, 0.6) is 0 Å². The largest absolute Gasteiger partial charge is 0.454 e. The lowest BCUT2D eigenvalue weighted by atomic mass is 9.93. The molecule has 0 spiro atoms. The quantitative estimate of drug-likeness (QED) is 0.178. The number of para-hydroxylation sites is 4. The number of hydrogen-bond donors (Lipinski definition) is 0. The molecule has 0 bridgehead atoms. The first kappa shape index (κ1) is 29.1. The van der Waals surface area contributed by atoms with Crippen LogP contribution in [0.2, 0.25) is 0 Å². The summed E-state index contributed by atoms with van der Waals surface area (Å²) in [6.45, 7) is 0. The van der Waals surface area contributed by atoms with Crippen LogP contribution >= 0.6 is 0 Å². The second-order valence-corrected chi connectivity index (χ2v) is 12.9. The van der Waals surface area contributed by atoms with E-state index in [2.05, 4.69) is 198 Å². The molecule has 0 radical (unpaired) electrons. The summed E-state index contributed by atoms with van der Waals surface area (Å²) in [5.41, 5.74) is 13.0. The van der Waals surface area contributed by atoms with Crippen LogP contribution < -0.4 is 4.90 Å². The highest BCUT2D eigenvalue weighted by atomic mass is 16.3. The number of nitrogens with zero attached hydrogens (tertiary/aromatic N) is 2. The maximum Gasteiger partial charge on any atom is 0.159 e. The summed E-state index contributed by atoms with van der Waals surface area (Å²) in [7, 11) is 0. The average molecular weight is 653 g/mol. The molecule has 0 N–H and O–H groups in total. The number of furan rings is 1. The summed E-state index contributed by atoms with van der Waals surface area (Å²) in [6.07, 6.45) is 0. The molecule has 2 heterocycles. The number of benzene rings is 8. The lowest BCUT2D eigenvalue weighted by Gasteiger charge is -2.27. The van der Waals surface area contributed by atoms with Gasteiger partial charge in [-0.2, -0.15) is 0 Å². The molecule has 240 valence electrons. The molecule has 0 unspecified atom stereocenters. The first-order chi connectivity index (χ1) is 25.3. The maximum atomic E-state index is 6.70. The smallest absolute Gasteiger partial charge is 0.159 e. The zero-order chi connectivity index (χ0) is 33.7. The highest BCUT2D eigenvalue weighted by Crippen LogP contribution is 2.46. The van der Waals surface area contributed by atoms with Gasteiger partial charge in [-0.25, -0.2) is 0 Å². The molecular formula is C48H32N2O. The van der Waals surface area contributed by atoms with Gasteiger partial charge in [-0.15, -0.1) is 0 Å². The van der Waals surface area contributed by atoms with Gasteiger partial charge in [-0.05, 0) is 76.9 Å². The molecule has 10 rings (SSSR count). The van der Waals surface area contributed by atoms with Crippen molar-refractivity contribution in [1.29, 1.82) is 0 Å². The van der Waals surface area contributed by atoms with Crippen LogP contribution in [0.4, 0.5) is 17.1 Å². The van der Waals surface area contributed by atoms with Gasteiger partial charge in [0.05, 0.1) is 16.7 Å². The molecule has 0 fully saturated rings. The van der Waals surface area contributed by atoms with E-state index in [9.17, 15) is 0 Å². The highest BCUT2D eigenvalue weighted by molar-refractivity contribution is 6.12. The van der Waals surface area contributed by atoms with Crippen LogP contribution in [-0.4, -0.2) is 4.57 Å². The number of fused-ring (bicyclic) bond motifs is 6. The van der Waals surface area contributed by atoms with Crippen molar-refractivity contribution in [1.82, 2.24) is 4.57 Å². The summed E-state index contributed by atoms with van der Waals surface area (Å²) in [5.74, 6) is 0. The van der Waals surface area contributed by atoms with Gasteiger partial charge in [0.2, 0.25) is 0 Å². The van der Waals surface area contributed by atoms with Crippen LogP contribution in [0.3, 0.4) is 0 Å². The molecule has 0 saturated heterocycles. The van der Waals surface area contributed by atoms with Crippen LogP contribution in [0, 0.1) is 0 Å². The number of aromatic nitrogens is 1. The number of hydrogen-bond acceptors (Lipinski definition) is 2. The SMILES string of the molecule is c1ccc(-c2ccc(N(c3ccc4c5ccccc5n(-c5ccccc5)c4c3)c3cccc4c3oc3ccccc34)cc2-c2ccccc2)cc1. The van der Waals surface area contributed by atoms with Crippen molar-refractivity contribution in [3.8, 4) is 27.9 Å². The third-order valence-corrected chi connectivity index (χ3v) is 9.99. The van der Waals surface area contributed by atoms with E-state index < -0.39 is 0 Å². The summed E-state index contributed by atoms with van der Waals surface area (Å²) in [4.78, 5) is 2.36. The van der Waals surface area contributed by atoms with Crippen molar-refractivity contribution < 1.29 is 4.42 Å². The van der Waals surface area contributed by atoms with Crippen molar-refractivity contribution in [3.63, 3.8) is 0 Å². The van der Waals surface area contributed by atoms with Gasteiger partial charge >= 0.3 is 0 Å². The Balaban J connectivity index is 1.27. The van der Waals surface area contributed by atoms with Crippen molar-refractivity contribution in [3.05, 3.63) is 194 Å². The molecule has 8 aromatic carbocycles. The average Bonchev–Trinajstić information content (AvgIpc) is 3.75. The molecule has 2 aromatic heterocycles. The van der Waals surface area contributed by atoms with Gasteiger partial charge in [0.25, 0.3) is 0 Å². The molecule has 0 aliphatic rings. The van der Waals surface area contributed by atoms with Crippen LogP contribution in [0.1, 0.15) is 0 Å². The fourth-order valence-corrected chi connectivity index (χ4v) is 7.69. The van der Waals surface area contributed by atoms with Crippen LogP contribution in [0.25, 0.3) is 71.7 Å². The fraction of sp³-hybridized carbons (Fsp3) is 0. The van der Waals surface area contributed by atoms with E-state index >= 15 is 0 Å². The van der Waals surface area contributed by atoms with E-state index in [-0.39, 0.29) is 0 Å². The molecule has 0 aliphatic carbocycles. The van der Waals surface area contributed by atoms with E-state index in [0.717, 1.165) is 50.2 Å². The molecule has 10 aromatic rings. The van der Waals surface area contributed by atoms with Crippen LogP contribution in [0.15, 0.2) is 199 Å². The van der Waals surface area contributed by atoms with Crippen molar-refractivity contribution >= 4 is 60.8 Å². The Kier molecular flexibility index (Phi) is 6.81. The minimum absolute atomic E-state index is 0.857. The van der Waals surface area contributed by atoms with E-state index in [4.69, 9.17) is 4.42 Å². The molecular weight excluding hydrogens is 621 g/mol. The Morgan fingerprint density at radius 1 is 0.392 bits per heavy atom. The van der Waals surface area contributed by atoms with Gasteiger partial charge in [0.15, 0.2) is 5.58 Å². The van der Waals surface area contributed by atoms with E-state index in [1.54, 1.807) is 0 Å². The second kappa shape index (κ2) is 11.9. The zero-order valence-corrected chi connectivity index (χ0v) is 27.8. The Bertz CT molecular complexity index is 2850. The predicted octanol–water partition coefficient (Wildman–Crippen LogP) is 13.5. The van der Waals surface area contributed by atoms with Gasteiger partial charge in [-0.3, -0.25) is 0 Å². The van der Waals surface area contributed by atoms with Crippen molar-refractivity contribution in [2.75, 3.05) is 4.90 Å². The molecule has 3 heteroatoms. The molecule has 0 saturated carbocycles. The fourth-order valence-electron chi connectivity index (χ4n) is 7.69. The first-order valence-electron chi connectivity index (χ1n) is 17.4. The topological polar surface area (TPSA) is 21.3 Å². The summed E-state index contributed by atoms with van der Waals surface area (Å²) in [5, 5.41) is 4.65. The second-order valence-electron chi connectivity index (χ2n) is 12.9. The predicted molar refractivity (Wildman–Crippen MR) is 214 cm³/mol. The lowest BCUT2D eigenvalue weighted by molar-refractivity contribution is 0.669. The molecule has 51 heavy (non-hydrogen) atoms. The van der Waals surface area contributed by atoms with E-state index in [1.165, 1.54) is 38.5 Å². The Morgan fingerprint density at radius 3 is 1.76 bits per heavy atom. The minimum Gasteiger partial charge on any atom is -0.454 e. The summed E-state index contributed by atoms with van der Waals surface area (Å²) >= 11 is 0. The Morgan fingerprint density at radius 2 is 0.980 bits per heavy atom. The Labute approximate surface area is 295 Å². The van der Waals surface area contributed by atoms with E-state index in [1.807, 2.05) is 6.07 Å². The van der Waals surface area contributed by atoms with Gasteiger partial charge in [0.1, 0.15) is 5.58 Å². The monoisotopic (exact) mass is 652 g/mol. The standard InChI is InChI=1S/C48H32N2O/c1-4-15-33(16-5-1)38-29-27-36(31-43(38)34-17-6-2-7-18-34)49(45-25-14-23-42-41-22-11-13-26-47(41)51-48(42)45)37-28-30-40-39-21-10-12-24-44(39)50(46(40)32-37)35-19-8-3-9-20-35/h1-32H. The normalized spacial score (nSPS) is 11.5. The highest BCUT2D eigenvalue weighted by Gasteiger charge is 2.22. The minimum atomic E-state index is 0.857. The van der Waals surface area contributed by atoms with Gasteiger partial charge in [-0.1, -0.05) is 140 Å². The lowest BCUT2D eigenvalue weighted by Crippen LogP contribution is -2.11. The third-order valence-electron chi connectivity index (χ3n) is 9.99. The van der Waals surface area contributed by atoms with Gasteiger partial charge in [0, 0.05) is 38.6 Å². The van der Waals surface area contributed by atoms with Crippen molar-refractivity contribution in [2.24, 2.45) is 0 Å². The Hall–Kier alpha value is -6.84. The zero-order valence-electron chi connectivity index (χ0n) is 27.8. The van der Waals surface area contributed by atoms with Crippen LogP contribution in [-0.2, 0) is 0 Å². The molecule has 0 atom stereocenters. The molecule has 3 nitrogen and oxygen atoms in total. The van der Waals surface area contributed by atoms with Gasteiger partial charge < -0.3 is 13.9 Å². The first-order valence-corrected chi connectivity index (χ1v) is 17.4. The molecule has 0 aliphatic heterocycles. The van der Waals surface area contributed by atoms with E-state index in [0.29, 0.717) is 0 Å². The molecule has 0 amide bonds. The van der Waals surface area contributed by atoms with Crippen molar-refractivity contribution in [2.45, 2.75) is 0 Å². The summed E-state index contributed by atoms with van der Waals surface area (Å²) in [6, 6.07) is 69.1.